The Morgan fingerprint density at radius 2 is 1.69 bits per heavy atom. The van der Waals surface area contributed by atoms with Gasteiger partial charge in [-0.3, -0.25) is 4.90 Å². The van der Waals surface area contributed by atoms with Crippen LogP contribution in [0.15, 0.2) is 60.7 Å². The molecule has 5 heteroatoms. The van der Waals surface area contributed by atoms with Crippen molar-refractivity contribution < 1.29 is 14.6 Å². The van der Waals surface area contributed by atoms with Gasteiger partial charge in [-0.1, -0.05) is 18.6 Å². The average Bonchev–Trinajstić information content (AvgIpc) is 3.40. The van der Waals surface area contributed by atoms with E-state index in [1.807, 2.05) is 18.2 Å². The molecule has 0 unspecified atom stereocenters. The molecule has 1 aliphatic heterocycles. The van der Waals surface area contributed by atoms with Crippen molar-refractivity contribution in [1.82, 2.24) is 9.47 Å². The van der Waals surface area contributed by atoms with Gasteiger partial charge in [0.15, 0.2) is 0 Å². The van der Waals surface area contributed by atoms with Crippen LogP contribution < -0.4 is 9.47 Å². The maximum Gasteiger partial charge on any atom is 0.119 e. The molecule has 0 amide bonds. The molecule has 1 saturated heterocycles. The number of nitrogens with zero attached hydrogens (tertiary/aromatic N) is 2. The van der Waals surface area contributed by atoms with Crippen molar-refractivity contribution in [1.29, 1.82) is 0 Å². The number of aromatic nitrogens is 1. The number of hydrogen-bond donors (Lipinski definition) is 1. The van der Waals surface area contributed by atoms with Crippen molar-refractivity contribution in [2.24, 2.45) is 0 Å². The van der Waals surface area contributed by atoms with E-state index in [-0.39, 0.29) is 0 Å². The van der Waals surface area contributed by atoms with Gasteiger partial charge in [0.1, 0.15) is 23.9 Å². The fraction of sp³-hybridized carbons (Fsp3) is 0.333. The Labute approximate surface area is 206 Å². The SMILES string of the molecule is COc1ccc2c(c1)Cc1c-2n(Cc2ccc(OCCN3CCCCC3)cc2)c2ccc(O)cc12. The van der Waals surface area contributed by atoms with Crippen LogP contribution in [0, 0.1) is 0 Å². The van der Waals surface area contributed by atoms with Crippen LogP contribution in [-0.4, -0.2) is 47.9 Å². The van der Waals surface area contributed by atoms with Gasteiger partial charge in [-0.15, -0.1) is 0 Å². The number of piperidine rings is 1. The Kier molecular flexibility index (Phi) is 5.86. The van der Waals surface area contributed by atoms with Crippen molar-refractivity contribution in [3.8, 4) is 28.5 Å². The molecule has 35 heavy (non-hydrogen) atoms. The molecule has 0 bridgehead atoms. The van der Waals surface area contributed by atoms with E-state index >= 15 is 0 Å². The first-order valence-corrected chi connectivity index (χ1v) is 12.6. The largest absolute Gasteiger partial charge is 0.508 e. The van der Waals surface area contributed by atoms with Gasteiger partial charge in [0.25, 0.3) is 0 Å². The molecule has 1 fully saturated rings. The summed E-state index contributed by atoms with van der Waals surface area (Å²) in [5, 5.41) is 11.3. The zero-order valence-electron chi connectivity index (χ0n) is 20.3. The van der Waals surface area contributed by atoms with Crippen LogP contribution in [-0.2, 0) is 13.0 Å². The summed E-state index contributed by atoms with van der Waals surface area (Å²) in [6, 6.07) is 20.5. The second-order valence-corrected chi connectivity index (χ2v) is 9.71. The topological polar surface area (TPSA) is 46.9 Å². The van der Waals surface area contributed by atoms with Gasteiger partial charge < -0.3 is 19.1 Å². The van der Waals surface area contributed by atoms with Gasteiger partial charge >= 0.3 is 0 Å². The van der Waals surface area contributed by atoms with Crippen molar-refractivity contribution in [3.63, 3.8) is 0 Å². The molecule has 3 aromatic carbocycles. The number of phenolic OH excluding ortho intramolecular Hbond substituents is 1. The Morgan fingerprint density at radius 1 is 0.886 bits per heavy atom. The number of aromatic hydroxyl groups is 1. The number of likely N-dealkylation sites (tertiary alicyclic amines) is 1. The highest BCUT2D eigenvalue weighted by Crippen LogP contribution is 2.45. The van der Waals surface area contributed by atoms with Gasteiger partial charge in [0.05, 0.1) is 12.8 Å². The third-order valence-corrected chi connectivity index (χ3v) is 7.48. The summed E-state index contributed by atoms with van der Waals surface area (Å²) in [6.07, 6.45) is 4.83. The fourth-order valence-corrected chi connectivity index (χ4v) is 5.68. The summed E-state index contributed by atoms with van der Waals surface area (Å²) in [5.74, 6) is 2.11. The van der Waals surface area contributed by atoms with Crippen molar-refractivity contribution >= 4 is 10.9 Å². The van der Waals surface area contributed by atoms with E-state index in [1.54, 1.807) is 13.2 Å². The van der Waals surface area contributed by atoms with E-state index in [9.17, 15) is 5.11 Å². The molecular weight excluding hydrogens is 436 g/mol. The number of fused-ring (bicyclic) bond motifs is 5. The molecule has 1 aliphatic carbocycles. The van der Waals surface area contributed by atoms with Crippen molar-refractivity contribution in [3.05, 3.63) is 77.4 Å². The molecule has 0 atom stereocenters. The van der Waals surface area contributed by atoms with E-state index in [0.717, 1.165) is 48.5 Å². The summed E-state index contributed by atoms with van der Waals surface area (Å²) in [4.78, 5) is 2.50. The van der Waals surface area contributed by atoms with Gasteiger partial charge in [-0.2, -0.15) is 0 Å². The van der Waals surface area contributed by atoms with Crippen LogP contribution in [0.5, 0.6) is 17.2 Å². The standard InChI is InChI=1S/C30H32N2O3/c1-34-25-10-11-26-22(17-25)18-28-27-19-23(33)7-12-29(27)32(30(26)28)20-21-5-8-24(9-6-21)35-16-15-31-13-3-2-4-14-31/h5-12,17,19,33H,2-4,13-16,18,20H2,1H3. The van der Waals surface area contributed by atoms with Gasteiger partial charge in [0.2, 0.25) is 0 Å². The summed E-state index contributed by atoms with van der Waals surface area (Å²) in [6.45, 7) is 4.89. The van der Waals surface area contributed by atoms with E-state index in [4.69, 9.17) is 9.47 Å². The predicted molar refractivity (Wildman–Crippen MR) is 140 cm³/mol. The summed E-state index contributed by atoms with van der Waals surface area (Å²) < 4.78 is 13.9. The normalized spacial score (nSPS) is 15.2. The van der Waals surface area contributed by atoms with E-state index < -0.39 is 0 Å². The smallest absolute Gasteiger partial charge is 0.119 e. The minimum absolute atomic E-state index is 0.303. The second-order valence-electron chi connectivity index (χ2n) is 9.71. The maximum atomic E-state index is 10.2. The predicted octanol–water partition coefficient (Wildman–Crippen LogP) is 5.84. The first kappa shape index (κ1) is 22.1. The Balaban J connectivity index is 1.25. The highest BCUT2D eigenvalue weighted by Gasteiger charge is 2.27. The van der Waals surface area contributed by atoms with E-state index in [2.05, 4.69) is 45.9 Å². The molecule has 6 rings (SSSR count). The number of hydrogen-bond acceptors (Lipinski definition) is 4. The molecule has 180 valence electrons. The van der Waals surface area contributed by atoms with Gasteiger partial charge in [-0.05, 0) is 91.2 Å². The van der Waals surface area contributed by atoms with Crippen LogP contribution in [0.2, 0.25) is 0 Å². The van der Waals surface area contributed by atoms with Crippen LogP contribution in [0.1, 0.15) is 36.0 Å². The lowest BCUT2D eigenvalue weighted by atomic mass is 10.1. The van der Waals surface area contributed by atoms with Crippen molar-refractivity contribution in [2.75, 3.05) is 33.4 Å². The Bertz CT molecular complexity index is 1350. The molecule has 2 heterocycles. The molecule has 5 nitrogen and oxygen atoms in total. The highest BCUT2D eigenvalue weighted by atomic mass is 16.5. The molecule has 0 saturated carbocycles. The fourth-order valence-electron chi connectivity index (χ4n) is 5.68. The lowest BCUT2D eigenvalue weighted by Crippen LogP contribution is -2.33. The molecule has 1 aromatic heterocycles. The average molecular weight is 469 g/mol. The second kappa shape index (κ2) is 9.31. The minimum atomic E-state index is 0.303. The zero-order valence-corrected chi connectivity index (χ0v) is 20.3. The van der Waals surface area contributed by atoms with Crippen LogP contribution in [0.3, 0.4) is 0 Å². The molecule has 0 spiro atoms. The number of ether oxygens (including phenoxy) is 2. The Hall–Kier alpha value is -3.44. The van der Waals surface area contributed by atoms with E-state index in [0.29, 0.717) is 5.75 Å². The van der Waals surface area contributed by atoms with Gasteiger partial charge in [-0.25, -0.2) is 0 Å². The lowest BCUT2D eigenvalue weighted by Gasteiger charge is -2.26. The third-order valence-electron chi connectivity index (χ3n) is 7.48. The number of rotatable bonds is 7. The van der Waals surface area contributed by atoms with Crippen LogP contribution in [0.25, 0.3) is 22.2 Å². The van der Waals surface area contributed by atoms with Crippen LogP contribution >= 0.6 is 0 Å². The molecule has 4 aromatic rings. The summed E-state index contributed by atoms with van der Waals surface area (Å²) >= 11 is 0. The molecule has 1 N–H and O–H groups in total. The van der Waals surface area contributed by atoms with Gasteiger partial charge in [0, 0.05) is 36.0 Å². The minimum Gasteiger partial charge on any atom is -0.508 e. The first-order chi connectivity index (χ1) is 17.2. The Morgan fingerprint density at radius 3 is 2.49 bits per heavy atom. The van der Waals surface area contributed by atoms with Crippen LogP contribution in [0.4, 0.5) is 0 Å². The van der Waals surface area contributed by atoms with Crippen molar-refractivity contribution in [2.45, 2.75) is 32.2 Å². The molecular formula is C30H32N2O3. The molecule has 2 aliphatic rings. The highest BCUT2D eigenvalue weighted by molar-refractivity contribution is 5.96. The summed E-state index contributed by atoms with van der Waals surface area (Å²) in [5.41, 5.74) is 7.40. The quantitative estimate of drug-likeness (QED) is 0.326. The van der Waals surface area contributed by atoms with E-state index in [1.165, 1.54) is 60.3 Å². The monoisotopic (exact) mass is 468 g/mol. The third kappa shape index (κ3) is 4.25. The number of benzene rings is 3. The first-order valence-electron chi connectivity index (χ1n) is 12.6. The molecule has 0 radical (unpaired) electrons. The zero-order chi connectivity index (χ0) is 23.8. The number of methoxy groups -OCH3 is 1. The maximum absolute atomic E-state index is 10.2. The number of phenols is 1. The summed E-state index contributed by atoms with van der Waals surface area (Å²) in [7, 11) is 1.71. The lowest BCUT2D eigenvalue weighted by molar-refractivity contribution is 0.183.